The molecule has 0 aliphatic rings. The van der Waals surface area contributed by atoms with Gasteiger partial charge in [0.05, 0.1) is 0 Å². The molecule has 0 unspecified atom stereocenters. The summed E-state index contributed by atoms with van der Waals surface area (Å²) in [5.41, 5.74) is 22.5. The Hall–Kier alpha value is -0.480. The second kappa shape index (κ2) is 28.8. The van der Waals surface area contributed by atoms with Crippen LogP contribution in [0, 0.1) is 0 Å². The van der Waals surface area contributed by atoms with Gasteiger partial charge >= 0.3 is 0 Å². The van der Waals surface area contributed by atoms with Crippen molar-refractivity contribution in [3.05, 3.63) is 0 Å². The van der Waals surface area contributed by atoms with Crippen molar-refractivity contribution in [2.45, 2.75) is 0 Å². The van der Waals surface area contributed by atoms with Crippen LogP contribution < -0.4 is 54.8 Å². The number of nitrogens with zero attached hydrogens (tertiary/aromatic N) is 2. The highest BCUT2D eigenvalue weighted by atomic mass is 15.2. The van der Waals surface area contributed by atoms with Crippen LogP contribution in [0.3, 0.4) is 0 Å². The SMILES string of the molecule is NCCNCCNCCNCCNCCNCCN(CCN)CCNCCN(CCN)CCN. The molecule has 0 spiro atoms. The van der Waals surface area contributed by atoms with Gasteiger partial charge in [-0.2, -0.15) is 0 Å². The van der Waals surface area contributed by atoms with Gasteiger partial charge in [0.25, 0.3) is 0 Å². The number of hydrogen-bond donors (Lipinski definition) is 10. The summed E-state index contributed by atoms with van der Waals surface area (Å²) in [6.45, 7) is 20.1. The Morgan fingerprint density at radius 3 is 0.882 bits per heavy atom. The van der Waals surface area contributed by atoms with Crippen LogP contribution in [0.5, 0.6) is 0 Å². The van der Waals surface area contributed by atoms with Crippen molar-refractivity contribution in [1.82, 2.24) is 41.7 Å². The second-order valence-electron chi connectivity index (χ2n) is 8.34. The molecule has 0 aromatic heterocycles. The van der Waals surface area contributed by atoms with E-state index in [0.717, 1.165) is 118 Å². The zero-order valence-corrected chi connectivity index (χ0v) is 21.8. The summed E-state index contributed by atoms with van der Waals surface area (Å²) in [7, 11) is 0. The second-order valence-corrected chi connectivity index (χ2v) is 8.34. The average Bonchev–Trinajstić information content (AvgIpc) is 2.83. The molecule has 0 aliphatic carbocycles. The fourth-order valence-electron chi connectivity index (χ4n) is 3.49. The highest BCUT2D eigenvalue weighted by molar-refractivity contribution is 4.65. The zero-order chi connectivity index (χ0) is 25.0. The third kappa shape index (κ3) is 24.6. The highest BCUT2D eigenvalue weighted by Crippen LogP contribution is 1.87. The van der Waals surface area contributed by atoms with Gasteiger partial charge in [-0.1, -0.05) is 0 Å². The Balaban J connectivity index is 3.49. The van der Waals surface area contributed by atoms with E-state index >= 15 is 0 Å². The molecule has 12 heteroatoms. The molecule has 0 atom stereocenters. The molecule has 14 N–H and O–H groups in total. The summed E-state index contributed by atoms with van der Waals surface area (Å²) in [5, 5.41) is 20.6. The third-order valence-corrected chi connectivity index (χ3v) is 5.39. The molecule has 34 heavy (non-hydrogen) atoms. The topological polar surface area (TPSA) is 183 Å². The van der Waals surface area contributed by atoms with E-state index in [9.17, 15) is 0 Å². The van der Waals surface area contributed by atoms with Crippen LogP contribution in [0.2, 0.25) is 0 Å². The van der Waals surface area contributed by atoms with Crippen molar-refractivity contribution in [2.75, 3.05) is 144 Å². The summed E-state index contributed by atoms with van der Waals surface area (Å²) in [6, 6.07) is 0. The molecule has 0 aromatic carbocycles. The molecule has 0 radical (unpaired) electrons. The molecule has 0 aliphatic heterocycles. The van der Waals surface area contributed by atoms with Crippen molar-refractivity contribution >= 4 is 0 Å². The van der Waals surface area contributed by atoms with Gasteiger partial charge in [0, 0.05) is 144 Å². The number of hydrogen-bond acceptors (Lipinski definition) is 12. The molecular formula is C22H58N12. The lowest BCUT2D eigenvalue weighted by Crippen LogP contribution is -2.42. The largest absolute Gasteiger partial charge is 0.329 e. The van der Waals surface area contributed by atoms with Crippen molar-refractivity contribution < 1.29 is 0 Å². The van der Waals surface area contributed by atoms with E-state index in [4.69, 9.17) is 22.9 Å². The standard InChI is InChI=1S/C22H58N12/c23-1-5-27-6-7-28-8-9-29-10-11-30-12-13-31-14-21-34(19-4-26)22-16-32-15-20-33(17-2-24)18-3-25/h27-32H,1-26H2. The van der Waals surface area contributed by atoms with Gasteiger partial charge < -0.3 is 54.8 Å². The first-order chi connectivity index (χ1) is 16.8. The molecule has 0 aromatic rings. The summed E-state index contributed by atoms with van der Waals surface area (Å²) in [6.07, 6.45) is 0. The lowest BCUT2D eigenvalue weighted by atomic mass is 10.4. The van der Waals surface area contributed by atoms with E-state index in [-0.39, 0.29) is 0 Å². The van der Waals surface area contributed by atoms with E-state index in [1.165, 1.54) is 0 Å². The van der Waals surface area contributed by atoms with Gasteiger partial charge in [-0.25, -0.2) is 0 Å². The normalized spacial score (nSPS) is 11.8. The van der Waals surface area contributed by atoms with Crippen LogP contribution in [0.1, 0.15) is 0 Å². The van der Waals surface area contributed by atoms with Crippen LogP contribution >= 0.6 is 0 Å². The Morgan fingerprint density at radius 2 is 0.559 bits per heavy atom. The molecule has 0 amide bonds. The molecule has 0 saturated heterocycles. The minimum absolute atomic E-state index is 0.677. The third-order valence-electron chi connectivity index (χ3n) is 5.39. The van der Waals surface area contributed by atoms with Gasteiger partial charge in [-0.05, 0) is 0 Å². The summed E-state index contributed by atoms with van der Waals surface area (Å²) in [4.78, 5) is 4.72. The van der Waals surface area contributed by atoms with E-state index < -0.39 is 0 Å². The minimum atomic E-state index is 0.677. The Bertz CT molecular complexity index is 372. The van der Waals surface area contributed by atoms with E-state index in [1.807, 2.05) is 0 Å². The first-order valence-electron chi connectivity index (χ1n) is 13.3. The van der Waals surface area contributed by atoms with Crippen molar-refractivity contribution in [2.24, 2.45) is 22.9 Å². The van der Waals surface area contributed by atoms with Crippen LogP contribution in [-0.2, 0) is 0 Å². The maximum atomic E-state index is 5.79. The van der Waals surface area contributed by atoms with Crippen LogP contribution in [0.25, 0.3) is 0 Å². The molecule has 12 nitrogen and oxygen atoms in total. The Labute approximate surface area is 209 Å². The van der Waals surface area contributed by atoms with Crippen LogP contribution in [0.4, 0.5) is 0 Å². The summed E-state index contributed by atoms with van der Waals surface area (Å²) >= 11 is 0. The van der Waals surface area contributed by atoms with Gasteiger partial charge in [0.2, 0.25) is 0 Å². The molecule has 0 heterocycles. The van der Waals surface area contributed by atoms with E-state index in [1.54, 1.807) is 0 Å². The fraction of sp³-hybridized carbons (Fsp3) is 1.00. The van der Waals surface area contributed by atoms with Crippen molar-refractivity contribution in [1.29, 1.82) is 0 Å². The molecule has 0 bridgehead atoms. The first kappa shape index (κ1) is 33.5. The maximum absolute atomic E-state index is 5.79. The molecule has 0 saturated carbocycles. The van der Waals surface area contributed by atoms with E-state index in [0.29, 0.717) is 26.2 Å². The predicted octanol–water partition coefficient (Wildman–Crippen LogP) is -5.04. The van der Waals surface area contributed by atoms with Crippen LogP contribution in [0.15, 0.2) is 0 Å². The number of nitrogens with one attached hydrogen (secondary N) is 6. The predicted molar refractivity (Wildman–Crippen MR) is 146 cm³/mol. The Morgan fingerprint density at radius 1 is 0.294 bits per heavy atom. The molecule has 0 fully saturated rings. The minimum Gasteiger partial charge on any atom is -0.329 e. The average molecular weight is 491 g/mol. The maximum Gasteiger partial charge on any atom is 0.0108 e. The van der Waals surface area contributed by atoms with Gasteiger partial charge in [0.1, 0.15) is 0 Å². The molecule has 206 valence electrons. The first-order valence-corrected chi connectivity index (χ1v) is 13.3. The quantitative estimate of drug-likeness (QED) is 0.0451. The Kier molecular flexibility index (Phi) is 28.3. The highest BCUT2D eigenvalue weighted by Gasteiger charge is 2.05. The zero-order valence-electron chi connectivity index (χ0n) is 21.8. The lowest BCUT2D eigenvalue weighted by molar-refractivity contribution is 0.266. The van der Waals surface area contributed by atoms with Crippen LogP contribution in [-0.4, -0.2) is 154 Å². The summed E-state index contributed by atoms with van der Waals surface area (Å²) in [5.74, 6) is 0. The van der Waals surface area contributed by atoms with Gasteiger partial charge in [0.15, 0.2) is 0 Å². The monoisotopic (exact) mass is 490 g/mol. The van der Waals surface area contributed by atoms with Gasteiger partial charge in [-0.3, -0.25) is 9.80 Å². The number of nitrogens with two attached hydrogens (primary N) is 4. The fourth-order valence-corrected chi connectivity index (χ4v) is 3.49. The molecule has 0 rings (SSSR count). The molecular weight excluding hydrogens is 432 g/mol. The van der Waals surface area contributed by atoms with Crippen molar-refractivity contribution in [3.63, 3.8) is 0 Å². The van der Waals surface area contributed by atoms with Gasteiger partial charge in [-0.15, -0.1) is 0 Å². The summed E-state index contributed by atoms with van der Waals surface area (Å²) < 4.78 is 0. The smallest absolute Gasteiger partial charge is 0.0108 e. The lowest BCUT2D eigenvalue weighted by Gasteiger charge is -2.23. The van der Waals surface area contributed by atoms with Crippen molar-refractivity contribution in [3.8, 4) is 0 Å². The number of rotatable bonds is 29. The van der Waals surface area contributed by atoms with E-state index in [2.05, 4.69) is 41.7 Å².